The molecule has 3 saturated heterocycles. The Labute approximate surface area is 128 Å². The molecule has 0 aromatic carbocycles. The lowest BCUT2D eigenvalue weighted by Crippen LogP contribution is -2.42. The van der Waals surface area contributed by atoms with Crippen molar-refractivity contribution >= 4 is 22.2 Å². The van der Waals surface area contributed by atoms with E-state index in [2.05, 4.69) is 0 Å². The standard InChI is InChI=1S/C13H19NO7S/c1-13(2,3)20-12(16)14-7-5-6-8(14)10(19-11(6)15)9(7)21-22(4,17)18/h6-10H,5H2,1-4H3/t6-,7-,8+,9-,10-/m0/s1. The van der Waals surface area contributed by atoms with Crippen LogP contribution in [0, 0.1) is 5.92 Å². The number of hydrogen-bond donors (Lipinski definition) is 0. The van der Waals surface area contributed by atoms with E-state index in [1.807, 2.05) is 0 Å². The zero-order chi connectivity index (χ0) is 16.4. The highest BCUT2D eigenvalue weighted by molar-refractivity contribution is 7.86. The minimum absolute atomic E-state index is 0.333. The Hall–Kier alpha value is -1.35. The molecule has 9 heteroatoms. The largest absolute Gasteiger partial charge is 0.457 e. The maximum atomic E-state index is 12.4. The fourth-order valence-corrected chi connectivity index (χ4v) is 4.15. The molecule has 0 spiro atoms. The predicted octanol–water partition coefficient (Wildman–Crippen LogP) is 0.264. The van der Waals surface area contributed by atoms with Gasteiger partial charge in [-0.3, -0.25) is 13.9 Å². The van der Waals surface area contributed by atoms with Gasteiger partial charge in [0.1, 0.15) is 11.7 Å². The lowest BCUT2D eigenvalue weighted by Gasteiger charge is -2.27. The quantitative estimate of drug-likeness (QED) is 0.528. The maximum Gasteiger partial charge on any atom is 0.411 e. The number of hydrogen-bond acceptors (Lipinski definition) is 7. The van der Waals surface area contributed by atoms with Gasteiger partial charge in [-0.1, -0.05) is 0 Å². The summed E-state index contributed by atoms with van der Waals surface area (Å²) in [6.45, 7) is 5.22. The molecule has 8 nitrogen and oxygen atoms in total. The summed E-state index contributed by atoms with van der Waals surface area (Å²) in [7, 11) is -3.73. The smallest absolute Gasteiger partial charge is 0.411 e. The van der Waals surface area contributed by atoms with E-state index in [4.69, 9.17) is 13.7 Å². The van der Waals surface area contributed by atoms with Crippen molar-refractivity contribution in [2.75, 3.05) is 6.26 Å². The molecule has 0 unspecified atom stereocenters. The van der Waals surface area contributed by atoms with Crippen molar-refractivity contribution in [1.82, 2.24) is 4.90 Å². The zero-order valence-electron chi connectivity index (χ0n) is 12.8. The van der Waals surface area contributed by atoms with Gasteiger partial charge in [-0.2, -0.15) is 8.42 Å². The van der Waals surface area contributed by atoms with Crippen LogP contribution in [0.4, 0.5) is 4.79 Å². The minimum atomic E-state index is -3.73. The number of fused-ring (bicyclic) bond motifs is 1. The van der Waals surface area contributed by atoms with E-state index < -0.39 is 58.0 Å². The lowest BCUT2D eigenvalue weighted by atomic mass is 9.88. The first-order valence-corrected chi connectivity index (χ1v) is 8.90. The number of amides is 1. The molecule has 0 radical (unpaired) electrons. The molecule has 124 valence electrons. The maximum absolute atomic E-state index is 12.4. The van der Waals surface area contributed by atoms with E-state index in [0.29, 0.717) is 6.42 Å². The third-order valence-corrected chi connectivity index (χ3v) is 4.64. The van der Waals surface area contributed by atoms with Crippen LogP contribution in [0.3, 0.4) is 0 Å². The number of ether oxygens (including phenoxy) is 2. The van der Waals surface area contributed by atoms with Crippen LogP contribution < -0.4 is 0 Å². The van der Waals surface area contributed by atoms with Gasteiger partial charge in [0.25, 0.3) is 10.1 Å². The molecular weight excluding hydrogens is 314 g/mol. The highest BCUT2D eigenvalue weighted by Gasteiger charge is 2.69. The second-order valence-electron chi connectivity index (χ2n) is 6.95. The van der Waals surface area contributed by atoms with E-state index in [9.17, 15) is 18.0 Å². The average Bonchev–Trinajstić information content (AvgIpc) is 2.86. The zero-order valence-corrected chi connectivity index (χ0v) is 13.6. The van der Waals surface area contributed by atoms with Crippen LogP contribution in [0.1, 0.15) is 27.2 Å². The van der Waals surface area contributed by atoms with Gasteiger partial charge in [-0.05, 0) is 27.2 Å². The molecule has 1 amide bonds. The van der Waals surface area contributed by atoms with Gasteiger partial charge in [0.15, 0.2) is 6.10 Å². The summed E-state index contributed by atoms with van der Waals surface area (Å²) in [5, 5.41) is 0. The Morgan fingerprint density at radius 1 is 1.36 bits per heavy atom. The van der Waals surface area contributed by atoms with Gasteiger partial charge in [0.2, 0.25) is 0 Å². The monoisotopic (exact) mass is 333 g/mol. The number of esters is 1. The highest BCUT2D eigenvalue weighted by atomic mass is 32.2. The third kappa shape index (κ3) is 2.45. The fourth-order valence-electron chi connectivity index (χ4n) is 3.51. The molecule has 3 aliphatic rings. The molecule has 3 fully saturated rings. The Morgan fingerprint density at radius 3 is 2.55 bits per heavy atom. The van der Waals surface area contributed by atoms with Crippen molar-refractivity contribution < 1.29 is 31.7 Å². The SMILES string of the molecule is CC(C)(C)OC(=O)N1[C@H]2[C@@H]3OC(=O)[C@H]2C[C@H]1[C@@H]3OS(C)(=O)=O. The average molecular weight is 333 g/mol. The molecule has 2 bridgehead atoms. The summed E-state index contributed by atoms with van der Waals surface area (Å²) in [5.41, 5.74) is -0.684. The Kier molecular flexibility index (Phi) is 3.23. The van der Waals surface area contributed by atoms with E-state index >= 15 is 0 Å². The summed E-state index contributed by atoms with van der Waals surface area (Å²) in [4.78, 5) is 25.7. The van der Waals surface area contributed by atoms with Crippen LogP contribution in [0.5, 0.6) is 0 Å². The second kappa shape index (κ2) is 4.58. The summed E-state index contributed by atoms with van der Waals surface area (Å²) in [6.07, 6.45) is -0.925. The van der Waals surface area contributed by atoms with Gasteiger partial charge in [-0.15, -0.1) is 0 Å². The third-order valence-electron chi connectivity index (χ3n) is 4.07. The van der Waals surface area contributed by atoms with Crippen LogP contribution >= 0.6 is 0 Å². The Morgan fingerprint density at radius 2 is 2.00 bits per heavy atom. The molecule has 0 saturated carbocycles. The van der Waals surface area contributed by atoms with E-state index in [0.717, 1.165) is 6.26 Å². The number of carbonyl (C=O) groups excluding carboxylic acids is 2. The first-order chi connectivity index (χ1) is 9.98. The fraction of sp³-hybridized carbons (Fsp3) is 0.846. The van der Waals surface area contributed by atoms with Crippen LogP contribution in [-0.4, -0.2) is 61.5 Å². The number of carbonyl (C=O) groups is 2. The van der Waals surface area contributed by atoms with Crippen LogP contribution in [0.2, 0.25) is 0 Å². The first kappa shape index (κ1) is 15.5. The molecule has 3 rings (SSSR count). The van der Waals surface area contributed by atoms with Gasteiger partial charge in [0, 0.05) is 0 Å². The molecule has 0 aromatic heterocycles. The molecule has 3 heterocycles. The van der Waals surface area contributed by atoms with E-state index in [1.165, 1.54) is 4.90 Å². The molecule has 0 aromatic rings. The molecule has 3 aliphatic heterocycles. The minimum Gasteiger partial charge on any atom is -0.457 e. The second-order valence-corrected chi connectivity index (χ2v) is 8.55. The summed E-state index contributed by atoms with van der Waals surface area (Å²) < 4.78 is 38.5. The summed E-state index contributed by atoms with van der Waals surface area (Å²) >= 11 is 0. The van der Waals surface area contributed by atoms with Crippen molar-refractivity contribution in [2.24, 2.45) is 5.92 Å². The van der Waals surface area contributed by atoms with Gasteiger partial charge >= 0.3 is 12.1 Å². The summed E-state index contributed by atoms with van der Waals surface area (Å²) in [5.74, 6) is -0.840. The number of nitrogens with zero attached hydrogens (tertiary/aromatic N) is 1. The normalized spacial score (nSPS) is 36.6. The van der Waals surface area contributed by atoms with E-state index in [-0.39, 0.29) is 0 Å². The molecular formula is C13H19NO7S. The van der Waals surface area contributed by atoms with Crippen LogP contribution in [0.25, 0.3) is 0 Å². The van der Waals surface area contributed by atoms with Gasteiger partial charge < -0.3 is 9.47 Å². The molecule has 0 aliphatic carbocycles. The van der Waals surface area contributed by atoms with Gasteiger partial charge in [-0.25, -0.2) is 4.79 Å². The van der Waals surface area contributed by atoms with Crippen molar-refractivity contribution in [3.8, 4) is 0 Å². The van der Waals surface area contributed by atoms with Crippen molar-refractivity contribution in [2.45, 2.75) is 57.1 Å². The topological polar surface area (TPSA) is 99.2 Å². The predicted molar refractivity (Wildman–Crippen MR) is 73.4 cm³/mol. The van der Waals surface area contributed by atoms with Crippen molar-refractivity contribution in [3.05, 3.63) is 0 Å². The van der Waals surface area contributed by atoms with Crippen molar-refractivity contribution in [1.29, 1.82) is 0 Å². The molecule has 5 atom stereocenters. The lowest BCUT2D eigenvalue weighted by molar-refractivity contribution is -0.145. The molecule has 22 heavy (non-hydrogen) atoms. The highest BCUT2D eigenvalue weighted by Crippen LogP contribution is 2.50. The first-order valence-electron chi connectivity index (χ1n) is 7.08. The van der Waals surface area contributed by atoms with Crippen molar-refractivity contribution in [3.63, 3.8) is 0 Å². The summed E-state index contributed by atoms with van der Waals surface area (Å²) in [6, 6.07) is -1.05. The molecule has 0 N–H and O–H groups in total. The number of rotatable bonds is 2. The van der Waals surface area contributed by atoms with Gasteiger partial charge in [0.05, 0.1) is 24.3 Å². The van der Waals surface area contributed by atoms with Crippen LogP contribution in [0.15, 0.2) is 0 Å². The Balaban J connectivity index is 1.88. The van der Waals surface area contributed by atoms with E-state index in [1.54, 1.807) is 20.8 Å². The Bertz CT molecular complexity index is 623. The van der Waals surface area contributed by atoms with Crippen LogP contribution in [-0.2, 0) is 28.6 Å².